The summed E-state index contributed by atoms with van der Waals surface area (Å²) >= 11 is 0. The molecule has 0 aromatic rings. The average Bonchev–Trinajstić information content (AvgIpc) is 2.49. The molecular weight excluding hydrogens is 379 g/mol. The van der Waals surface area contributed by atoms with Crippen LogP contribution >= 0.6 is 0 Å². The number of hydrogen-bond donors (Lipinski definition) is 5. The zero-order valence-electron chi connectivity index (χ0n) is 14.1. The van der Waals surface area contributed by atoms with Gasteiger partial charge in [-0.15, -0.1) is 0 Å². The van der Waals surface area contributed by atoms with Gasteiger partial charge in [-0.1, -0.05) is 0 Å². The lowest BCUT2D eigenvalue weighted by molar-refractivity contribution is -0.420. The first kappa shape index (κ1) is 23.0. The third-order valence-corrected chi connectivity index (χ3v) is 4.93. The van der Waals surface area contributed by atoms with Gasteiger partial charge in [-0.3, -0.25) is 4.79 Å². The lowest BCUT2D eigenvalue weighted by Gasteiger charge is -2.55. The van der Waals surface area contributed by atoms with Crippen molar-refractivity contribution in [3.05, 3.63) is 0 Å². The number of Topliss-reactive ketones (excluding diaryl/α,β-unsaturated/α-hetero) is 1. The van der Waals surface area contributed by atoms with Crippen molar-refractivity contribution in [2.24, 2.45) is 0 Å². The van der Waals surface area contributed by atoms with Gasteiger partial charge >= 0.3 is 0 Å². The Labute approximate surface area is 158 Å². The number of ether oxygens (including phenoxy) is 3. The lowest BCUT2D eigenvalue weighted by Crippen LogP contribution is -3.00. The van der Waals surface area contributed by atoms with Gasteiger partial charge in [0, 0.05) is 6.42 Å². The molecule has 0 radical (unpaired) electrons. The average molecular weight is 403 g/mol. The highest BCUT2D eigenvalue weighted by molar-refractivity contribution is 5.87. The van der Waals surface area contributed by atoms with Crippen LogP contribution in [0.4, 0.5) is 0 Å². The molecule has 2 aliphatic heterocycles. The summed E-state index contributed by atoms with van der Waals surface area (Å²) in [6.45, 7) is 1.70. The number of ketones is 1. The maximum absolute atomic E-state index is 12.2. The Bertz CT molecular complexity index is 488. The van der Waals surface area contributed by atoms with Crippen molar-refractivity contribution in [2.45, 2.75) is 68.0 Å². The summed E-state index contributed by atoms with van der Waals surface area (Å²) < 4.78 is 16.8. The van der Waals surface area contributed by atoms with Crippen LogP contribution in [0.25, 0.3) is 0 Å². The van der Waals surface area contributed by atoms with Crippen LogP contribution < -0.4 is 35.4 Å². The van der Waals surface area contributed by atoms with Gasteiger partial charge in [-0.2, -0.15) is 0 Å². The molecule has 0 aromatic carbocycles. The van der Waals surface area contributed by atoms with Crippen LogP contribution in [0.3, 0.4) is 0 Å². The fourth-order valence-electron chi connectivity index (χ4n) is 3.68. The van der Waals surface area contributed by atoms with E-state index in [0.29, 0.717) is 0 Å². The number of likely N-dealkylation sites (N-methyl/N-ethyl adjacent to an activating group) is 2. The fourth-order valence-corrected chi connectivity index (χ4v) is 3.68. The van der Waals surface area contributed by atoms with Crippen molar-refractivity contribution in [2.75, 3.05) is 14.1 Å². The smallest absolute Gasteiger partial charge is 0.280 e. The quantitative estimate of drug-likeness (QED) is 0.305. The molecule has 11 heteroatoms. The standard InChI is InChI=1S/C14H24N2O7.2ClH/c1-5-4-6(17)14(20)13(21-5)22-12-10(19)7(15-2)9(18)8(16-3)11(12)23-14;;/h5,7-13,15-16,18-20H,4H2,1-3H3;2*1H/p-2/t5?,7?,8?,9?,10?,11-,12-,13+,14+;;/m1../s1. The number of aliphatic hydroxyl groups excluding tert-OH is 2. The van der Waals surface area contributed by atoms with Crippen LogP contribution in [0, 0.1) is 0 Å². The molecule has 1 saturated carbocycles. The number of fused-ring (bicyclic) bond motifs is 2. The third-order valence-electron chi connectivity index (χ3n) is 4.93. The number of rotatable bonds is 2. The molecule has 5 N–H and O–H groups in total. The number of aliphatic hydroxyl groups is 3. The summed E-state index contributed by atoms with van der Waals surface area (Å²) in [7, 11) is 3.24. The summed E-state index contributed by atoms with van der Waals surface area (Å²) in [6.07, 6.45) is -5.58. The van der Waals surface area contributed by atoms with Crippen molar-refractivity contribution in [3.63, 3.8) is 0 Å². The Balaban J connectivity index is 0.00000156. The van der Waals surface area contributed by atoms with Crippen LogP contribution in [0.1, 0.15) is 13.3 Å². The molecule has 9 nitrogen and oxygen atoms in total. The summed E-state index contributed by atoms with van der Waals surface area (Å²) in [4.78, 5) is 12.2. The number of hydrogen-bond acceptors (Lipinski definition) is 9. The Morgan fingerprint density at radius 2 is 1.64 bits per heavy atom. The van der Waals surface area contributed by atoms with Crippen LogP contribution in [0.15, 0.2) is 0 Å². The van der Waals surface area contributed by atoms with Crippen molar-refractivity contribution >= 4 is 5.78 Å². The normalized spacial score (nSPS) is 49.3. The van der Waals surface area contributed by atoms with Crippen LogP contribution in [-0.4, -0.2) is 89.9 Å². The Kier molecular flexibility index (Phi) is 7.63. The highest BCUT2D eigenvalue weighted by atomic mass is 35.5. The molecule has 3 rings (SSSR count). The number of halogens is 2. The zero-order valence-corrected chi connectivity index (χ0v) is 15.6. The second kappa shape index (κ2) is 8.30. The van der Waals surface area contributed by atoms with E-state index in [2.05, 4.69) is 10.6 Å². The van der Waals surface area contributed by atoms with Gasteiger partial charge in [-0.05, 0) is 21.0 Å². The highest BCUT2D eigenvalue weighted by Crippen LogP contribution is 2.40. The molecule has 0 aromatic heterocycles. The maximum Gasteiger partial charge on any atom is 0.280 e. The topological polar surface area (TPSA) is 130 Å². The van der Waals surface area contributed by atoms with E-state index in [0.717, 1.165) is 0 Å². The first-order valence-electron chi connectivity index (χ1n) is 7.78. The summed E-state index contributed by atoms with van der Waals surface area (Å²) in [5.41, 5.74) is 0. The fraction of sp³-hybridized carbons (Fsp3) is 0.929. The van der Waals surface area contributed by atoms with Crippen LogP contribution in [0.2, 0.25) is 0 Å². The van der Waals surface area contributed by atoms with E-state index in [9.17, 15) is 20.1 Å². The monoisotopic (exact) mass is 402 g/mol. The second-order valence-electron chi connectivity index (χ2n) is 6.40. The van der Waals surface area contributed by atoms with E-state index in [1.165, 1.54) is 0 Å². The molecule has 25 heavy (non-hydrogen) atoms. The first-order valence-corrected chi connectivity index (χ1v) is 7.78. The van der Waals surface area contributed by atoms with Crippen LogP contribution in [-0.2, 0) is 19.0 Å². The number of nitrogens with one attached hydrogen (secondary N) is 2. The first-order chi connectivity index (χ1) is 10.8. The lowest BCUT2D eigenvalue weighted by atomic mass is 9.80. The van der Waals surface area contributed by atoms with Crippen molar-refractivity contribution in [3.8, 4) is 0 Å². The third kappa shape index (κ3) is 3.55. The minimum Gasteiger partial charge on any atom is -1.00 e. The van der Waals surface area contributed by atoms with Gasteiger partial charge in [0.2, 0.25) is 6.29 Å². The number of carbonyl (C=O) groups excluding carboxylic acids is 1. The molecule has 0 bridgehead atoms. The SMILES string of the molecule is CNC1C(O)C(NC)[C@H]2O[C@@]3(O)C(=O)CC(C)O[C@H]3O[C@@H]2C1O.[Cl-].[Cl-]. The molecule has 0 spiro atoms. The molecule has 148 valence electrons. The Morgan fingerprint density at radius 1 is 1.04 bits per heavy atom. The van der Waals surface area contributed by atoms with Gasteiger partial charge in [0.1, 0.15) is 18.3 Å². The van der Waals surface area contributed by atoms with Crippen molar-refractivity contribution in [1.82, 2.24) is 10.6 Å². The van der Waals surface area contributed by atoms with Gasteiger partial charge in [-0.25, -0.2) is 0 Å². The van der Waals surface area contributed by atoms with Gasteiger partial charge < -0.3 is 65.0 Å². The van der Waals surface area contributed by atoms with E-state index in [1.54, 1.807) is 21.0 Å². The number of carbonyl (C=O) groups is 1. The van der Waals surface area contributed by atoms with E-state index >= 15 is 0 Å². The van der Waals surface area contributed by atoms with Crippen molar-refractivity contribution < 1.29 is 59.1 Å². The largest absolute Gasteiger partial charge is 1.00 e. The highest BCUT2D eigenvalue weighted by Gasteiger charge is 2.63. The summed E-state index contributed by atoms with van der Waals surface area (Å²) in [6, 6.07) is -1.29. The molecule has 2 heterocycles. The van der Waals surface area contributed by atoms with Crippen LogP contribution in [0.5, 0.6) is 0 Å². The second-order valence-corrected chi connectivity index (χ2v) is 6.40. The van der Waals surface area contributed by atoms with E-state index < -0.39 is 60.5 Å². The van der Waals surface area contributed by atoms with Gasteiger partial charge in [0.25, 0.3) is 5.79 Å². The molecule has 5 unspecified atom stereocenters. The molecule has 3 fully saturated rings. The molecule has 1 aliphatic carbocycles. The minimum absolute atomic E-state index is 0. The zero-order chi connectivity index (χ0) is 16.9. The Morgan fingerprint density at radius 3 is 2.20 bits per heavy atom. The molecule has 2 saturated heterocycles. The molecular formula is C14H24Cl2N2O7-2. The molecule has 3 aliphatic rings. The van der Waals surface area contributed by atoms with Crippen molar-refractivity contribution in [1.29, 1.82) is 0 Å². The predicted octanol–water partition coefficient (Wildman–Crippen LogP) is -8.92. The minimum atomic E-state index is -2.23. The Hall–Kier alpha value is -0.0700. The van der Waals surface area contributed by atoms with Gasteiger partial charge in [0.15, 0.2) is 5.78 Å². The van der Waals surface area contributed by atoms with Gasteiger partial charge in [0.05, 0.1) is 24.3 Å². The molecule has 0 amide bonds. The van der Waals surface area contributed by atoms with E-state index in [1.807, 2.05) is 0 Å². The molecule has 9 atom stereocenters. The summed E-state index contributed by atoms with van der Waals surface area (Å²) in [5, 5.41) is 37.2. The maximum atomic E-state index is 12.2. The van der Waals surface area contributed by atoms with E-state index in [4.69, 9.17) is 14.2 Å². The predicted molar refractivity (Wildman–Crippen MR) is 76.4 cm³/mol. The van der Waals surface area contributed by atoms with E-state index in [-0.39, 0.29) is 31.2 Å². The summed E-state index contributed by atoms with van der Waals surface area (Å²) in [5.74, 6) is -2.76.